The van der Waals surface area contributed by atoms with Crippen molar-refractivity contribution in [2.24, 2.45) is 5.92 Å². The Morgan fingerprint density at radius 1 is 1.00 bits per heavy atom. The van der Waals surface area contributed by atoms with E-state index in [4.69, 9.17) is 4.74 Å². The van der Waals surface area contributed by atoms with Crippen molar-refractivity contribution in [1.29, 1.82) is 0 Å². The van der Waals surface area contributed by atoms with Crippen LogP contribution >= 0.6 is 0 Å². The largest absolute Gasteiger partial charge is 0.523 e. The number of esters is 1. The molecule has 31 heavy (non-hydrogen) atoms. The second-order valence-electron chi connectivity index (χ2n) is 8.29. The predicted molar refractivity (Wildman–Crippen MR) is 113 cm³/mol. The molecule has 1 unspecified atom stereocenters. The molecular weight excluding hydrogens is 405 g/mol. The van der Waals surface area contributed by atoms with E-state index in [9.17, 15) is 18.0 Å². The van der Waals surface area contributed by atoms with Gasteiger partial charge < -0.3 is 4.74 Å². The lowest BCUT2D eigenvalue weighted by molar-refractivity contribution is -0.342. The molecule has 0 saturated heterocycles. The summed E-state index contributed by atoms with van der Waals surface area (Å²) in [7, 11) is 0. The van der Waals surface area contributed by atoms with E-state index in [1.807, 2.05) is 12.1 Å². The van der Waals surface area contributed by atoms with Crippen molar-refractivity contribution in [2.45, 2.75) is 70.8 Å². The third kappa shape index (κ3) is 6.82. The minimum atomic E-state index is -4.70. The Balaban J connectivity index is 1.55. The van der Waals surface area contributed by atoms with Gasteiger partial charge in [-0.05, 0) is 79.8 Å². The minimum Gasteiger partial charge on any atom is -0.423 e. The van der Waals surface area contributed by atoms with Gasteiger partial charge in [0.1, 0.15) is 5.75 Å². The number of alkyl halides is 3. The Hall–Kier alpha value is -2.34. The average Bonchev–Trinajstić information content (AvgIpc) is 2.74. The Morgan fingerprint density at radius 2 is 1.61 bits per heavy atom. The van der Waals surface area contributed by atoms with Crippen LogP contribution in [0.5, 0.6) is 5.75 Å². The number of hydrogen-bond acceptors (Lipinski definition) is 3. The maximum atomic E-state index is 12.4. The summed E-state index contributed by atoms with van der Waals surface area (Å²) < 4.78 is 46.3. The molecule has 1 aliphatic rings. The normalized spacial score (nSPS) is 20.3. The van der Waals surface area contributed by atoms with E-state index in [0.29, 0.717) is 17.0 Å². The first-order valence-electron chi connectivity index (χ1n) is 10.9. The van der Waals surface area contributed by atoms with Crippen molar-refractivity contribution in [3.8, 4) is 5.75 Å². The third-order valence-corrected chi connectivity index (χ3v) is 6.03. The summed E-state index contributed by atoms with van der Waals surface area (Å²) in [6.45, 7) is 3.55. The van der Waals surface area contributed by atoms with Crippen molar-refractivity contribution < 1.29 is 27.4 Å². The third-order valence-electron chi connectivity index (χ3n) is 6.03. The van der Waals surface area contributed by atoms with Crippen molar-refractivity contribution in [1.82, 2.24) is 0 Å². The lowest BCUT2D eigenvalue weighted by Crippen LogP contribution is -2.16. The summed E-state index contributed by atoms with van der Waals surface area (Å²) in [5.74, 6) is 1.17. The zero-order valence-corrected chi connectivity index (χ0v) is 18.0. The van der Waals surface area contributed by atoms with Crippen LogP contribution < -0.4 is 4.74 Å². The number of benzene rings is 2. The lowest BCUT2D eigenvalue weighted by Gasteiger charge is -2.28. The van der Waals surface area contributed by atoms with Gasteiger partial charge in [0.15, 0.2) is 0 Å². The van der Waals surface area contributed by atoms with Gasteiger partial charge >= 0.3 is 12.3 Å². The number of hydrogen-bond donors (Lipinski definition) is 0. The van der Waals surface area contributed by atoms with Crippen molar-refractivity contribution in [3.63, 3.8) is 0 Å². The van der Waals surface area contributed by atoms with E-state index in [1.54, 1.807) is 12.1 Å². The molecule has 1 atom stereocenters. The van der Waals surface area contributed by atoms with Gasteiger partial charge in [-0.25, -0.2) is 4.79 Å². The Morgan fingerprint density at radius 3 is 2.16 bits per heavy atom. The minimum absolute atomic E-state index is 0.270. The molecule has 1 aliphatic carbocycles. The van der Waals surface area contributed by atoms with Gasteiger partial charge in [-0.15, -0.1) is 13.2 Å². The summed E-state index contributed by atoms with van der Waals surface area (Å²) >= 11 is 0. The smallest absolute Gasteiger partial charge is 0.423 e. The van der Waals surface area contributed by atoms with Gasteiger partial charge in [0.2, 0.25) is 0 Å². The van der Waals surface area contributed by atoms with E-state index in [0.717, 1.165) is 5.92 Å². The summed E-state index contributed by atoms with van der Waals surface area (Å²) in [5, 5.41) is 0. The molecule has 168 valence electrons. The molecule has 0 radical (unpaired) electrons. The molecule has 2 aromatic rings. The van der Waals surface area contributed by atoms with Gasteiger partial charge in [-0.1, -0.05) is 44.0 Å². The molecule has 0 aromatic heterocycles. The second kappa shape index (κ2) is 10.3. The highest BCUT2D eigenvalue weighted by Gasteiger charge is 2.32. The van der Waals surface area contributed by atoms with E-state index < -0.39 is 18.4 Å². The number of rotatable bonds is 7. The zero-order valence-electron chi connectivity index (χ0n) is 18.0. The molecule has 6 heteroatoms. The Kier molecular flexibility index (Phi) is 7.76. The predicted octanol–water partition coefficient (Wildman–Crippen LogP) is 7.58. The van der Waals surface area contributed by atoms with Gasteiger partial charge in [0.05, 0.1) is 11.7 Å². The fourth-order valence-corrected chi connectivity index (χ4v) is 4.33. The molecule has 0 heterocycles. The fourth-order valence-electron chi connectivity index (χ4n) is 4.33. The molecule has 3 nitrogen and oxygen atoms in total. The molecular formula is C25H29F3O3. The number of carbonyl (C=O) groups excluding carboxylic acids is 1. The highest BCUT2D eigenvalue weighted by Crippen LogP contribution is 2.37. The average molecular weight is 434 g/mol. The molecule has 0 aliphatic heterocycles. The van der Waals surface area contributed by atoms with Crippen LogP contribution in [0.25, 0.3) is 0 Å². The number of ether oxygens (including phenoxy) is 2. The van der Waals surface area contributed by atoms with Crippen LogP contribution in [0, 0.1) is 5.92 Å². The summed E-state index contributed by atoms with van der Waals surface area (Å²) in [6.07, 6.45) is 1.63. The maximum Gasteiger partial charge on any atom is 0.523 e. The Bertz CT molecular complexity index is 836. The summed E-state index contributed by atoms with van der Waals surface area (Å²) in [5.41, 5.74) is 2.05. The van der Waals surface area contributed by atoms with Gasteiger partial charge in [-0.2, -0.15) is 0 Å². The lowest BCUT2D eigenvalue weighted by atomic mass is 9.77. The number of carbonyl (C=O) groups is 1. The van der Waals surface area contributed by atoms with Crippen LogP contribution in [0.3, 0.4) is 0 Å². The molecule has 0 N–H and O–H groups in total. The monoisotopic (exact) mass is 434 g/mol. The highest BCUT2D eigenvalue weighted by atomic mass is 19.4. The van der Waals surface area contributed by atoms with Crippen LogP contribution in [0.2, 0.25) is 0 Å². The van der Waals surface area contributed by atoms with Crippen molar-refractivity contribution >= 4 is 5.97 Å². The fraction of sp³-hybridized carbons (Fsp3) is 0.480. The van der Waals surface area contributed by atoms with E-state index >= 15 is 0 Å². The molecule has 1 saturated carbocycles. The van der Waals surface area contributed by atoms with E-state index in [1.165, 1.54) is 75.3 Å². The topological polar surface area (TPSA) is 35.5 Å². The molecule has 1 fully saturated rings. The van der Waals surface area contributed by atoms with Crippen LogP contribution in [-0.2, 0) is 4.74 Å². The maximum absolute atomic E-state index is 12.4. The van der Waals surface area contributed by atoms with Gasteiger partial charge in [0.25, 0.3) is 0 Å². The Labute approximate surface area is 181 Å². The first kappa shape index (κ1) is 23.3. The SMILES string of the molecule is CCCC1CCC(c2ccc(C(=O)Oc3ccc(C(C)OC(F)(F)F)cc3)cc2)CC1. The van der Waals surface area contributed by atoms with Crippen LogP contribution in [0.1, 0.15) is 85.9 Å². The molecule has 3 rings (SSSR count). The second-order valence-corrected chi connectivity index (χ2v) is 8.29. The standard InChI is InChI=1S/C25H29F3O3/c1-3-4-18-5-7-20(8-6-18)21-9-11-22(12-10-21)24(29)30-23-15-13-19(14-16-23)17(2)31-25(26,27)28/h9-18,20H,3-8H2,1-2H3. The first-order chi connectivity index (χ1) is 14.7. The van der Waals surface area contributed by atoms with Crippen molar-refractivity contribution in [2.75, 3.05) is 0 Å². The van der Waals surface area contributed by atoms with Crippen LogP contribution in [0.4, 0.5) is 13.2 Å². The molecule has 2 aromatic carbocycles. The first-order valence-corrected chi connectivity index (χ1v) is 10.9. The summed E-state index contributed by atoms with van der Waals surface area (Å²) in [4.78, 5) is 12.4. The molecule has 0 bridgehead atoms. The quantitative estimate of drug-likeness (QED) is 0.333. The van der Waals surface area contributed by atoms with E-state index in [2.05, 4.69) is 11.7 Å². The molecule has 0 spiro atoms. The van der Waals surface area contributed by atoms with Gasteiger partial charge in [0, 0.05) is 0 Å². The van der Waals surface area contributed by atoms with Crippen LogP contribution in [-0.4, -0.2) is 12.3 Å². The van der Waals surface area contributed by atoms with Crippen LogP contribution in [0.15, 0.2) is 48.5 Å². The highest BCUT2D eigenvalue weighted by molar-refractivity contribution is 5.91. The zero-order chi connectivity index (χ0) is 22.4. The summed E-state index contributed by atoms with van der Waals surface area (Å²) in [6, 6.07) is 13.4. The van der Waals surface area contributed by atoms with E-state index in [-0.39, 0.29) is 5.75 Å². The van der Waals surface area contributed by atoms with Gasteiger partial charge in [-0.3, -0.25) is 4.74 Å². The molecule has 0 amide bonds. The number of halogens is 3. The van der Waals surface area contributed by atoms with Crippen molar-refractivity contribution in [3.05, 3.63) is 65.2 Å².